The number of nitrogens with zero attached hydrogens (tertiary/aromatic N) is 1. The summed E-state index contributed by atoms with van der Waals surface area (Å²) in [4.78, 5) is 27.5. The molecule has 0 saturated carbocycles. The number of hydrogen-bond donors (Lipinski definition) is 2. The number of amides is 2. The van der Waals surface area contributed by atoms with Crippen molar-refractivity contribution < 1.29 is 14.3 Å². The molecule has 0 atom stereocenters. The van der Waals surface area contributed by atoms with Crippen LogP contribution in [0.3, 0.4) is 0 Å². The molecule has 0 saturated heterocycles. The Morgan fingerprint density at radius 2 is 1.41 bits per heavy atom. The summed E-state index contributed by atoms with van der Waals surface area (Å²) in [6.07, 6.45) is 3.08. The Balaban J connectivity index is 1.91. The van der Waals surface area contributed by atoms with E-state index in [9.17, 15) is 9.59 Å². The van der Waals surface area contributed by atoms with Crippen molar-refractivity contribution in [1.82, 2.24) is 15.8 Å². The molecule has 0 aliphatic rings. The molecular formula is C16H17N3O3. The van der Waals surface area contributed by atoms with E-state index in [4.69, 9.17) is 4.74 Å². The van der Waals surface area contributed by atoms with E-state index in [1.54, 1.807) is 36.4 Å². The third-order valence-electron chi connectivity index (χ3n) is 2.72. The van der Waals surface area contributed by atoms with Crippen LogP contribution in [0.25, 0.3) is 0 Å². The molecule has 22 heavy (non-hydrogen) atoms. The van der Waals surface area contributed by atoms with E-state index in [1.807, 2.05) is 13.8 Å². The van der Waals surface area contributed by atoms with E-state index in [-0.39, 0.29) is 6.10 Å². The highest BCUT2D eigenvalue weighted by atomic mass is 16.5. The monoisotopic (exact) mass is 299 g/mol. The maximum Gasteiger partial charge on any atom is 0.269 e. The van der Waals surface area contributed by atoms with Gasteiger partial charge in [-0.1, -0.05) is 0 Å². The third-order valence-corrected chi connectivity index (χ3v) is 2.72. The number of aromatic nitrogens is 1. The smallest absolute Gasteiger partial charge is 0.269 e. The highest BCUT2D eigenvalue weighted by molar-refractivity contribution is 5.99. The highest BCUT2D eigenvalue weighted by Crippen LogP contribution is 2.13. The summed E-state index contributed by atoms with van der Waals surface area (Å²) in [7, 11) is 0. The topological polar surface area (TPSA) is 80.3 Å². The van der Waals surface area contributed by atoms with Crippen molar-refractivity contribution in [3.63, 3.8) is 0 Å². The van der Waals surface area contributed by atoms with Gasteiger partial charge in [0, 0.05) is 23.5 Å². The van der Waals surface area contributed by atoms with E-state index in [0.29, 0.717) is 16.9 Å². The number of benzene rings is 1. The number of rotatable bonds is 4. The highest BCUT2D eigenvalue weighted by Gasteiger charge is 2.09. The zero-order valence-electron chi connectivity index (χ0n) is 12.4. The van der Waals surface area contributed by atoms with Crippen molar-refractivity contribution in [3.8, 4) is 5.75 Å². The molecule has 1 aromatic carbocycles. The molecule has 2 rings (SSSR count). The molecule has 1 heterocycles. The minimum atomic E-state index is -0.407. The van der Waals surface area contributed by atoms with Crippen LogP contribution in [0, 0.1) is 0 Å². The summed E-state index contributed by atoms with van der Waals surface area (Å²) in [6, 6.07) is 9.79. The minimum Gasteiger partial charge on any atom is -0.491 e. The molecule has 2 N–H and O–H groups in total. The lowest BCUT2D eigenvalue weighted by Crippen LogP contribution is -2.41. The van der Waals surface area contributed by atoms with Gasteiger partial charge in [0.2, 0.25) is 0 Å². The number of hydrazine groups is 1. The molecule has 0 spiro atoms. The molecule has 2 aromatic rings. The van der Waals surface area contributed by atoms with E-state index in [0.717, 1.165) is 0 Å². The molecule has 0 aliphatic heterocycles. The van der Waals surface area contributed by atoms with Crippen LogP contribution in [0.5, 0.6) is 5.75 Å². The van der Waals surface area contributed by atoms with Crippen LogP contribution < -0.4 is 15.6 Å². The fraction of sp³-hybridized carbons (Fsp3) is 0.188. The Kier molecular flexibility index (Phi) is 5.08. The number of pyridine rings is 1. The first-order valence-electron chi connectivity index (χ1n) is 6.83. The van der Waals surface area contributed by atoms with E-state index < -0.39 is 11.8 Å². The van der Waals surface area contributed by atoms with Crippen LogP contribution in [0.4, 0.5) is 0 Å². The van der Waals surface area contributed by atoms with Gasteiger partial charge >= 0.3 is 0 Å². The SMILES string of the molecule is CC(C)Oc1ccc(C(=O)NNC(=O)c2ccncc2)cc1. The summed E-state index contributed by atoms with van der Waals surface area (Å²) < 4.78 is 5.50. The second-order valence-corrected chi connectivity index (χ2v) is 4.84. The minimum absolute atomic E-state index is 0.0688. The maximum atomic E-state index is 11.9. The zero-order chi connectivity index (χ0) is 15.9. The van der Waals surface area contributed by atoms with Gasteiger partial charge in [-0.15, -0.1) is 0 Å². The average Bonchev–Trinajstić information content (AvgIpc) is 2.53. The van der Waals surface area contributed by atoms with Gasteiger partial charge in [0.25, 0.3) is 11.8 Å². The van der Waals surface area contributed by atoms with Gasteiger partial charge in [0.1, 0.15) is 5.75 Å². The zero-order valence-corrected chi connectivity index (χ0v) is 12.4. The lowest BCUT2D eigenvalue weighted by Gasteiger charge is -2.10. The number of carbonyl (C=O) groups is 2. The fourth-order valence-corrected chi connectivity index (χ4v) is 1.72. The second kappa shape index (κ2) is 7.21. The molecule has 0 fully saturated rings. The number of hydrogen-bond acceptors (Lipinski definition) is 4. The first-order chi connectivity index (χ1) is 10.6. The molecular weight excluding hydrogens is 282 g/mol. The van der Waals surface area contributed by atoms with Crippen molar-refractivity contribution in [2.45, 2.75) is 20.0 Å². The lowest BCUT2D eigenvalue weighted by atomic mass is 10.2. The largest absolute Gasteiger partial charge is 0.491 e. The van der Waals surface area contributed by atoms with Gasteiger partial charge in [-0.05, 0) is 50.2 Å². The third kappa shape index (κ3) is 4.31. The molecule has 0 aliphatic carbocycles. The molecule has 0 unspecified atom stereocenters. The summed E-state index contributed by atoms with van der Waals surface area (Å²) >= 11 is 0. The van der Waals surface area contributed by atoms with Crippen LogP contribution in [0.2, 0.25) is 0 Å². The number of ether oxygens (including phenoxy) is 1. The van der Waals surface area contributed by atoms with Crippen LogP contribution in [0.15, 0.2) is 48.8 Å². The van der Waals surface area contributed by atoms with Crippen molar-refractivity contribution >= 4 is 11.8 Å². The van der Waals surface area contributed by atoms with E-state index in [1.165, 1.54) is 12.4 Å². The molecule has 0 bridgehead atoms. The van der Waals surface area contributed by atoms with Gasteiger partial charge in [-0.25, -0.2) is 0 Å². The average molecular weight is 299 g/mol. The first-order valence-corrected chi connectivity index (χ1v) is 6.83. The standard InChI is InChI=1S/C16H17N3O3/c1-11(2)22-14-5-3-12(4-6-14)15(20)18-19-16(21)13-7-9-17-10-8-13/h3-11H,1-2H3,(H,18,20)(H,19,21). The Labute approximate surface area is 128 Å². The van der Waals surface area contributed by atoms with Gasteiger partial charge < -0.3 is 4.74 Å². The number of carbonyl (C=O) groups excluding carboxylic acids is 2. The molecule has 2 amide bonds. The molecule has 0 radical (unpaired) electrons. The molecule has 1 aromatic heterocycles. The van der Waals surface area contributed by atoms with Crippen LogP contribution in [-0.2, 0) is 0 Å². The van der Waals surface area contributed by atoms with Crippen molar-refractivity contribution in [2.75, 3.05) is 0 Å². The Morgan fingerprint density at radius 3 is 1.91 bits per heavy atom. The number of nitrogens with one attached hydrogen (secondary N) is 2. The normalized spacial score (nSPS) is 10.1. The quantitative estimate of drug-likeness (QED) is 0.846. The fourth-order valence-electron chi connectivity index (χ4n) is 1.72. The maximum absolute atomic E-state index is 11.9. The Morgan fingerprint density at radius 1 is 0.909 bits per heavy atom. The Bertz CT molecular complexity index is 639. The van der Waals surface area contributed by atoms with Crippen molar-refractivity contribution in [1.29, 1.82) is 0 Å². The lowest BCUT2D eigenvalue weighted by molar-refractivity contribution is 0.0846. The first kappa shape index (κ1) is 15.5. The summed E-state index contributed by atoms with van der Waals surface area (Å²) in [5, 5.41) is 0. The van der Waals surface area contributed by atoms with Crippen LogP contribution in [-0.4, -0.2) is 22.9 Å². The van der Waals surface area contributed by atoms with Crippen molar-refractivity contribution in [2.24, 2.45) is 0 Å². The van der Waals surface area contributed by atoms with E-state index >= 15 is 0 Å². The van der Waals surface area contributed by atoms with Gasteiger partial charge in [-0.3, -0.25) is 25.4 Å². The van der Waals surface area contributed by atoms with Crippen LogP contribution in [0.1, 0.15) is 34.6 Å². The Hall–Kier alpha value is -2.89. The van der Waals surface area contributed by atoms with Crippen LogP contribution >= 0.6 is 0 Å². The van der Waals surface area contributed by atoms with Gasteiger partial charge in [0.15, 0.2) is 0 Å². The van der Waals surface area contributed by atoms with E-state index in [2.05, 4.69) is 15.8 Å². The molecule has 6 heteroatoms. The summed E-state index contributed by atoms with van der Waals surface area (Å²) in [5.41, 5.74) is 5.54. The molecule has 114 valence electrons. The summed E-state index contributed by atoms with van der Waals surface area (Å²) in [6.45, 7) is 3.85. The predicted octanol–water partition coefficient (Wildman–Crippen LogP) is 1.94. The molecule has 6 nitrogen and oxygen atoms in total. The summed E-state index contributed by atoms with van der Waals surface area (Å²) in [5.74, 6) is -0.124. The predicted molar refractivity (Wildman–Crippen MR) is 81.4 cm³/mol. The second-order valence-electron chi connectivity index (χ2n) is 4.84. The van der Waals surface area contributed by atoms with Gasteiger partial charge in [-0.2, -0.15) is 0 Å². The van der Waals surface area contributed by atoms with Crippen molar-refractivity contribution in [3.05, 3.63) is 59.9 Å². The van der Waals surface area contributed by atoms with Gasteiger partial charge in [0.05, 0.1) is 6.10 Å².